The monoisotopic (exact) mass is 701 g/mol. The number of benzene rings is 3. The standard InChI is InChI=1S/C37H47N5O3S2Si/c1-10-40(11-2)24-14-18-29-31(20-24)44-32-21-25(41(12-3)13-4)15-19-30(32)42(29)36(43)28-23-46-34(39-28)35-38-27-17-16-26(22-33(27)47-35)45-48(8,9)37(5,6)7/h14-22,28H,10-13,23H2,1-9H3. The summed E-state index contributed by atoms with van der Waals surface area (Å²) in [6.07, 6.45) is 0. The van der Waals surface area contributed by atoms with E-state index in [1.54, 1.807) is 23.1 Å². The minimum absolute atomic E-state index is 0.0688. The normalized spacial score (nSPS) is 15.9. The highest BCUT2D eigenvalue weighted by molar-refractivity contribution is 8.15. The average molecular weight is 702 g/mol. The number of nitrogens with zero attached hydrogens (tertiary/aromatic N) is 5. The molecule has 0 saturated heterocycles. The minimum Gasteiger partial charge on any atom is -0.543 e. The third-order valence-electron chi connectivity index (χ3n) is 9.72. The number of thioether (sulfide) groups is 1. The number of thiazole rings is 1. The molecule has 2 aliphatic heterocycles. The molecule has 3 aromatic carbocycles. The molecule has 1 aromatic heterocycles. The van der Waals surface area contributed by atoms with Gasteiger partial charge in [-0.2, -0.15) is 0 Å². The lowest BCUT2D eigenvalue weighted by atomic mass is 10.1. The molecule has 6 rings (SSSR count). The van der Waals surface area contributed by atoms with E-state index in [0.717, 1.165) is 74.9 Å². The van der Waals surface area contributed by atoms with Crippen molar-refractivity contribution in [1.29, 1.82) is 0 Å². The van der Waals surface area contributed by atoms with Crippen molar-refractivity contribution in [1.82, 2.24) is 4.98 Å². The van der Waals surface area contributed by atoms with Gasteiger partial charge in [0.05, 0.1) is 21.6 Å². The van der Waals surface area contributed by atoms with Gasteiger partial charge in [0, 0.05) is 55.4 Å². The molecule has 0 saturated carbocycles. The lowest BCUT2D eigenvalue weighted by Gasteiger charge is -2.36. The van der Waals surface area contributed by atoms with Gasteiger partial charge < -0.3 is 19.0 Å². The van der Waals surface area contributed by atoms with E-state index in [1.807, 2.05) is 29.2 Å². The molecule has 3 heterocycles. The lowest BCUT2D eigenvalue weighted by molar-refractivity contribution is -0.118. The van der Waals surface area contributed by atoms with Crippen LogP contribution in [0.15, 0.2) is 59.6 Å². The van der Waals surface area contributed by atoms with Gasteiger partial charge in [0.15, 0.2) is 11.5 Å². The van der Waals surface area contributed by atoms with Crippen molar-refractivity contribution in [3.05, 3.63) is 59.6 Å². The Morgan fingerprint density at radius 1 is 0.917 bits per heavy atom. The third-order valence-corrected chi connectivity index (χ3v) is 16.3. The van der Waals surface area contributed by atoms with Crippen LogP contribution in [0.1, 0.15) is 53.5 Å². The first-order chi connectivity index (χ1) is 22.9. The number of aromatic nitrogens is 1. The maximum Gasteiger partial charge on any atom is 0.257 e. The molecule has 48 heavy (non-hydrogen) atoms. The van der Waals surface area contributed by atoms with Crippen LogP contribution in [-0.4, -0.2) is 62.2 Å². The van der Waals surface area contributed by atoms with Gasteiger partial charge in [0.25, 0.3) is 5.91 Å². The van der Waals surface area contributed by atoms with Crippen LogP contribution in [0.5, 0.6) is 17.2 Å². The molecule has 0 spiro atoms. The minimum atomic E-state index is -1.97. The van der Waals surface area contributed by atoms with Crippen molar-refractivity contribution in [3.8, 4) is 17.2 Å². The van der Waals surface area contributed by atoms with Crippen LogP contribution in [0, 0.1) is 0 Å². The number of rotatable bonds is 10. The summed E-state index contributed by atoms with van der Waals surface area (Å²) in [5, 5.41) is 1.76. The molecule has 0 N–H and O–H groups in total. The number of carbonyl (C=O) groups excluding carboxylic acids is 1. The van der Waals surface area contributed by atoms with Crippen molar-refractivity contribution in [2.75, 3.05) is 46.6 Å². The highest BCUT2D eigenvalue weighted by Crippen LogP contribution is 2.50. The summed E-state index contributed by atoms with van der Waals surface area (Å²) in [5.74, 6) is 2.72. The predicted molar refractivity (Wildman–Crippen MR) is 207 cm³/mol. The molecule has 0 fully saturated rings. The molecule has 0 radical (unpaired) electrons. The topological polar surface area (TPSA) is 70.5 Å². The Morgan fingerprint density at radius 3 is 2.04 bits per heavy atom. The van der Waals surface area contributed by atoms with Crippen LogP contribution >= 0.6 is 23.1 Å². The lowest BCUT2D eigenvalue weighted by Crippen LogP contribution is -2.43. The Bertz CT molecular complexity index is 1800. The number of amides is 1. The van der Waals surface area contributed by atoms with Crippen molar-refractivity contribution in [3.63, 3.8) is 0 Å². The SMILES string of the molecule is CCN(CC)c1ccc2c(c1)Oc1cc(N(CC)CC)ccc1N2C(=O)C1CSC(c2nc3ccc(O[Si](C)(C)C(C)(C)C)cc3s2)=N1. The molecule has 1 unspecified atom stereocenters. The zero-order chi connectivity index (χ0) is 34.4. The molecule has 2 aliphatic rings. The van der Waals surface area contributed by atoms with Crippen LogP contribution < -0.4 is 23.9 Å². The Balaban J connectivity index is 1.32. The molecule has 11 heteroatoms. The summed E-state index contributed by atoms with van der Waals surface area (Å²) >= 11 is 3.20. The second-order valence-electron chi connectivity index (χ2n) is 13.7. The zero-order valence-electron chi connectivity index (χ0n) is 29.6. The fraction of sp³-hybridized carbons (Fsp3) is 0.432. The van der Waals surface area contributed by atoms with Gasteiger partial charge in [-0.15, -0.1) is 23.1 Å². The largest absolute Gasteiger partial charge is 0.543 e. The van der Waals surface area contributed by atoms with E-state index in [0.29, 0.717) is 17.3 Å². The van der Waals surface area contributed by atoms with Gasteiger partial charge in [-0.1, -0.05) is 20.8 Å². The fourth-order valence-electron chi connectivity index (χ4n) is 5.87. The first kappa shape index (κ1) is 34.3. The van der Waals surface area contributed by atoms with E-state index in [-0.39, 0.29) is 10.9 Å². The molecule has 0 bridgehead atoms. The highest BCUT2D eigenvalue weighted by Gasteiger charge is 2.39. The molecule has 8 nitrogen and oxygen atoms in total. The van der Waals surface area contributed by atoms with E-state index in [1.165, 1.54) is 0 Å². The molecular weight excluding hydrogens is 655 g/mol. The molecule has 1 atom stereocenters. The van der Waals surface area contributed by atoms with Crippen molar-refractivity contribution in [2.24, 2.45) is 4.99 Å². The number of fused-ring (bicyclic) bond motifs is 3. The van der Waals surface area contributed by atoms with E-state index < -0.39 is 14.4 Å². The number of ether oxygens (including phenoxy) is 1. The summed E-state index contributed by atoms with van der Waals surface area (Å²) < 4.78 is 14.2. The zero-order valence-corrected chi connectivity index (χ0v) is 32.2. The quantitative estimate of drug-likeness (QED) is 0.153. The summed E-state index contributed by atoms with van der Waals surface area (Å²) in [5.41, 5.74) is 4.53. The maximum absolute atomic E-state index is 14.5. The number of hydrogen-bond acceptors (Lipinski definition) is 9. The van der Waals surface area contributed by atoms with E-state index >= 15 is 0 Å². The summed E-state index contributed by atoms with van der Waals surface area (Å²) in [6, 6.07) is 17.9. The Morgan fingerprint density at radius 2 is 1.50 bits per heavy atom. The summed E-state index contributed by atoms with van der Waals surface area (Å²) in [7, 11) is -1.97. The molecule has 1 amide bonds. The van der Waals surface area contributed by atoms with E-state index in [9.17, 15) is 4.79 Å². The number of anilines is 4. The van der Waals surface area contributed by atoms with Gasteiger partial charge in [-0.25, -0.2) is 4.98 Å². The predicted octanol–water partition coefficient (Wildman–Crippen LogP) is 9.71. The maximum atomic E-state index is 14.5. The van der Waals surface area contributed by atoms with Crippen LogP contribution in [0.25, 0.3) is 10.2 Å². The van der Waals surface area contributed by atoms with Gasteiger partial charge in [0.2, 0.25) is 8.32 Å². The molecule has 4 aromatic rings. The Labute approximate surface area is 294 Å². The van der Waals surface area contributed by atoms with Gasteiger partial charge >= 0.3 is 0 Å². The van der Waals surface area contributed by atoms with Gasteiger partial charge in [-0.05, 0) is 88.3 Å². The van der Waals surface area contributed by atoms with Crippen molar-refractivity contribution >= 4 is 75.3 Å². The smallest absolute Gasteiger partial charge is 0.257 e. The average Bonchev–Trinajstić information content (AvgIpc) is 3.71. The van der Waals surface area contributed by atoms with Crippen LogP contribution in [0.4, 0.5) is 22.7 Å². The van der Waals surface area contributed by atoms with Crippen molar-refractivity contribution in [2.45, 2.75) is 72.6 Å². The molecule has 254 valence electrons. The second-order valence-corrected chi connectivity index (χ2v) is 20.5. The summed E-state index contributed by atoms with van der Waals surface area (Å²) in [4.78, 5) is 30.8. The van der Waals surface area contributed by atoms with Crippen LogP contribution in [-0.2, 0) is 4.79 Å². The number of aliphatic imine (C=N–C) groups is 1. The van der Waals surface area contributed by atoms with E-state index in [4.69, 9.17) is 19.1 Å². The first-order valence-corrected chi connectivity index (χ1v) is 21.7. The van der Waals surface area contributed by atoms with Gasteiger partial charge in [-0.3, -0.25) is 14.7 Å². The third kappa shape index (κ3) is 6.44. The second kappa shape index (κ2) is 13.4. The van der Waals surface area contributed by atoms with Crippen LogP contribution in [0.2, 0.25) is 18.1 Å². The van der Waals surface area contributed by atoms with E-state index in [2.05, 4.69) is 102 Å². The van der Waals surface area contributed by atoms with Gasteiger partial charge in [0.1, 0.15) is 21.8 Å². The van der Waals surface area contributed by atoms with Crippen LogP contribution in [0.3, 0.4) is 0 Å². The highest BCUT2D eigenvalue weighted by atomic mass is 32.2. The Hall–Kier alpha value is -3.54. The fourth-order valence-corrected chi connectivity index (χ4v) is 8.98. The summed E-state index contributed by atoms with van der Waals surface area (Å²) in [6.45, 7) is 23.4. The number of carbonyl (C=O) groups is 1. The van der Waals surface area contributed by atoms with Crippen molar-refractivity contribution < 1.29 is 14.0 Å². The first-order valence-electron chi connectivity index (χ1n) is 17.0. The number of hydrogen-bond donors (Lipinski definition) is 0. The molecular formula is C37H47N5O3S2Si. The molecule has 0 aliphatic carbocycles. The Kier molecular flexibility index (Phi) is 9.58.